The normalized spacial score (nSPS) is 20.1. The number of hydrogen-bond acceptors (Lipinski definition) is 4. The number of piperidine rings is 1. The van der Waals surface area contributed by atoms with E-state index < -0.39 is 5.91 Å². The maximum atomic E-state index is 11.1. The van der Waals surface area contributed by atoms with E-state index in [0.717, 1.165) is 24.8 Å². The summed E-state index contributed by atoms with van der Waals surface area (Å²) in [5.74, 6) is 1.05. The van der Waals surface area contributed by atoms with Crippen molar-refractivity contribution in [1.82, 2.24) is 15.5 Å². The highest BCUT2D eigenvalue weighted by atomic mass is 127. The summed E-state index contributed by atoms with van der Waals surface area (Å²) in [6.45, 7) is 2.80. The molecule has 27 heavy (non-hydrogen) atoms. The Labute approximate surface area is 178 Å². The first-order valence-electron chi connectivity index (χ1n) is 9.75. The third-order valence-electron chi connectivity index (χ3n) is 5.52. The summed E-state index contributed by atoms with van der Waals surface area (Å²) in [6.07, 6.45) is 9.23. The van der Waals surface area contributed by atoms with Gasteiger partial charge in [0.2, 0.25) is 0 Å². The fourth-order valence-electron chi connectivity index (χ4n) is 4.02. The predicted molar refractivity (Wildman–Crippen MR) is 117 cm³/mol. The molecule has 0 atom stereocenters. The Morgan fingerprint density at radius 2 is 1.93 bits per heavy atom. The van der Waals surface area contributed by atoms with Gasteiger partial charge in [0.1, 0.15) is 5.76 Å². The third kappa shape index (κ3) is 6.38. The topological polar surface area (TPSA) is 95.9 Å². The van der Waals surface area contributed by atoms with Gasteiger partial charge in [0.05, 0.1) is 6.54 Å². The molecule has 1 aliphatic heterocycles. The van der Waals surface area contributed by atoms with Crippen LogP contribution in [0, 0.1) is 0 Å². The number of carbonyl (C=O) groups is 1. The van der Waals surface area contributed by atoms with Crippen LogP contribution in [0.15, 0.2) is 21.5 Å². The van der Waals surface area contributed by atoms with Gasteiger partial charge in [-0.05, 0) is 37.8 Å². The molecule has 0 spiro atoms. The standard InChI is InChI=1S/C19H31N5O2.HI/c1-21-19(22-13-16-7-8-17(26-16)18(20)25)23-14-9-11-24(12-10-14)15-5-3-2-4-6-15;/h7-8,14-15H,2-6,9-13H2,1H3,(H2,20,25)(H2,21,22,23);1H. The number of nitrogens with one attached hydrogen (secondary N) is 2. The van der Waals surface area contributed by atoms with E-state index in [1.165, 1.54) is 45.2 Å². The average molecular weight is 489 g/mol. The Kier molecular flexibility index (Phi) is 8.88. The first kappa shape index (κ1) is 22.0. The van der Waals surface area contributed by atoms with Gasteiger partial charge in [-0.2, -0.15) is 0 Å². The number of carbonyl (C=O) groups excluding carboxylic acids is 1. The number of rotatable bonds is 5. The molecule has 8 heteroatoms. The summed E-state index contributed by atoms with van der Waals surface area (Å²) in [7, 11) is 1.77. The van der Waals surface area contributed by atoms with Gasteiger partial charge in [-0.25, -0.2) is 0 Å². The number of nitrogens with two attached hydrogens (primary N) is 1. The number of furan rings is 1. The molecule has 0 aromatic carbocycles. The van der Waals surface area contributed by atoms with Crippen LogP contribution in [0.2, 0.25) is 0 Å². The second-order valence-corrected chi connectivity index (χ2v) is 7.30. The van der Waals surface area contributed by atoms with Crippen molar-refractivity contribution in [2.75, 3.05) is 20.1 Å². The molecule has 7 nitrogen and oxygen atoms in total. The van der Waals surface area contributed by atoms with Crippen molar-refractivity contribution in [3.63, 3.8) is 0 Å². The lowest BCUT2D eigenvalue weighted by Gasteiger charge is -2.39. The van der Waals surface area contributed by atoms with Crippen molar-refractivity contribution in [2.45, 2.75) is 63.6 Å². The molecule has 0 bridgehead atoms. The number of guanidine groups is 1. The van der Waals surface area contributed by atoms with Gasteiger partial charge in [-0.1, -0.05) is 19.3 Å². The van der Waals surface area contributed by atoms with E-state index in [0.29, 0.717) is 18.3 Å². The van der Waals surface area contributed by atoms with E-state index in [2.05, 4.69) is 20.5 Å². The summed E-state index contributed by atoms with van der Waals surface area (Å²) in [6, 6.07) is 4.60. The highest BCUT2D eigenvalue weighted by Gasteiger charge is 2.26. The van der Waals surface area contributed by atoms with Crippen LogP contribution in [0.4, 0.5) is 0 Å². The Hall–Kier alpha value is -1.29. The molecule has 2 heterocycles. The SMILES string of the molecule is CN=C(NCc1ccc(C(N)=O)o1)NC1CCN(C2CCCCC2)CC1.I. The van der Waals surface area contributed by atoms with Crippen LogP contribution in [-0.4, -0.2) is 49.0 Å². The van der Waals surface area contributed by atoms with Crippen molar-refractivity contribution in [1.29, 1.82) is 0 Å². The molecule has 152 valence electrons. The summed E-state index contributed by atoms with van der Waals surface area (Å²) < 4.78 is 5.38. The van der Waals surface area contributed by atoms with Crippen LogP contribution < -0.4 is 16.4 Å². The number of halogens is 1. The molecule has 1 amide bonds. The number of amides is 1. The zero-order valence-corrected chi connectivity index (χ0v) is 18.4. The fourth-order valence-corrected chi connectivity index (χ4v) is 4.02. The number of nitrogens with zero attached hydrogens (tertiary/aromatic N) is 2. The van der Waals surface area contributed by atoms with Crippen LogP contribution >= 0.6 is 24.0 Å². The van der Waals surface area contributed by atoms with E-state index >= 15 is 0 Å². The van der Waals surface area contributed by atoms with E-state index in [1.54, 1.807) is 19.2 Å². The fraction of sp³-hybridized carbons (Fsp3) is 0.684. The maximum Gasteiger partial charge on any atom is 0.284 e. The maximum absolute atomic E-state index is 11.1. The quantitative estimate of drug-likeness (QED) is 0.336. The average Bonchev–Trinajstić information content (AvgIpc) is 3.16. The van der Waals surface area contributed by atoms with Crippen LogP contribution in [0.5, 0.6) is 0 Å². The lowest BCUT2D eigenvalue weighted by atomic mass is 9.92. The second-order valence-electron chi connectivity index (χ2n) is 7.30. The number of aliphatic imine (C=N–C) groups is 1. The Morgan fingerprint density at radius 3 is 2.52 bits per heavy atom. The molecule has 1 saturated heterocycles. The van der Waals surface area contributed by atoms with Crippen molar-refractivity contribution < 1.29 is 9.21 Å². The van der Waals surface area contributed by atoms with Crippen molar-refractivity contribution in [2.24, 2.45) is 10.7 Å². The summed E-state index contributed by atoms with van der Waals surface area (Å²) in [5.41, 5.74) is 5.20. The van der Waals surface area contributed by atoms with Gasteiger partial charge >= 0.3 is 0 Å². The van der Waals surface area contributed by atoms with Gasteiger partial charge < -0.3 is 25.7 Å². The van der Waals surface area contributed by atoms with E-state index in [9.17, 15) is 4.79 Å². The van der Waals surface area contributed by atoms with Crippen molar-refractivity contribution in [3.8, 4) is 0 Å². The highest BCUT2D eigenvalue weighted by Crippen LogP contribution is 2.25. The summed E-state index contributed by atoms with van der Waals surface area (Å²) in [4.78, 5) is 18.1. The van der Waals surface area contributed by atoms with Crippen molar-refractivity contribution >= 4 is 35.8 Å². The number of hydrogen-bond donors (Lipinski definition) is 3. The smallest absolute Gasteiger partial charge is 0.284 e. The van der Waals surface area contributed by atoms with Crippen LogP contribution in [0.25, 0.3) is 0 Å². The van der Waals surface area contributed by atoms with Crippen LogP contribution in [0.1, 0.15) is 61.3 Å². The molecule has 2 aliphatic rings. The van der Waals surface area contributed by atoms with Gasteiger partial charge in [-0.3, -0.25) is 9.79 Å². The van der Waals surface area contributed by atoms with Gasteiger partial charge in [0.25, 0.3) is 5.91 Å². The minimum Gasteiger partial charge on any atom is -0.454 e. The van der Waals surface area contributed by atoms with E-state index in [1.807, 2.05) is 0 Å². The molecule has 1 aromatic heterocycles. The molecule has 1 aromatic rings. The molecular weight excluding hydrogens is 457 g/mol. The molecule has 1 aliphatic carbocycles. The molecular formula is C19H32IN5O2. The zero-order chi connectivity index (χ0) is 18.4. The number of primary amides is 1. The summed E-state index contributed by atoms with van der Waals surface area (Å²) in [5, 5.41) is 6.75. The zero-order valence-electron chi connectivity index (χ0n) is 16.1. The molecule has 0 unspecified atom stereocenters. The molecule has 2 fully saturated rings. The van der Waals surface area contributed by atoms with Crippen LogP contribution in [0.3, 0.4) is 0 Å². The third-order valence-corrected chi connectivity index (χ3v) is 5.52. The summed E-state index contributed by atoms with van der Waals surface area (Å²) >= 11 is 0. The minimum atomic E-state index is -0.552. The Morgan fingerprint density at radius 1 is 1.22 bits per heavy atom. The van der Waals surface area contributed by atoms with Gasteiger partial charge in [0.15, 0.2) is 11.7 Å². The second kappa shape index (κ2) is 10.9. The molecule has 3 rings (SSSR count). The molecule has 1 saturated carbocycles. The monoisotopic (exact) mass is 489 g/mol. The Balaban J connectivity index is 0.00000261. The Bertz CT molecular complexity index is 619. The predicted octanol–water partition coefficient (Wildman–Crippen LogP) is 2.46. The van der Waals surface area contributed by atoms with E-state index in [-0.39, 0.29) is 29.7 Å². The van der Waals surface area contributed by atoms with Crippen molar-refractivity contribution in [3.05, 3.63) is 23.7 Å². The minimum absolute atomic E-state index is 0. The van der Waals surface area contributed by atoms with Crippen LogP contribution in [-0.2, 0) is 6.54 Å². The number of likely N-dealkylation sites (tertiary alicyclic amines) is 1. The van der Waals surface area contributed by atoms with Gasteiger partial charge in [0, 0.05) is 32.2 Å². The largest absolute Gasteiger partial charge is 0.454 e. The first-order chi connectivity index (χ1) is 12.7. The van der Waals surface area contributed by atoms with E-state index in [4.69, 9.17) is 10.2 Å². The lowest BCUT2D eigenvalue weighted by molar-refractivity contribution is 0.0972. The molecule has 0 radical (unpaired) electrons. The first-order valence-corrected chi connectivity index (χ1v) is 9.75. The highest BCUT2D eigenvalue weighted by molar-refractivity contribution is 14.0. The lowest BCUT2D eigenvalue weighted by Crippen LogP contribution is -2.50. The molecule has 4 N–H and O–H groups in total. The van der Waals surface area contributed by atoms with Gasteiger partial charge in [-0.15, -0.1) is 24.0 Å².